The second-order valence-corrected chi connectivity index (χ2v) is 6.98. The summed E-state index contributed by atoms with van der Waals surface area (Å²) >= 11 is 0. The Morgan fingerprint density at radius 3 is 2.84 bits per heavy atom. The molecule has 0 aliphatic heterocycles. The number of amides is 1. The van der Waals surface area contributed by atoms with Crippen LogP contribution in [0.2, 0.25) is 0 Å². The van der Waals surface area contributed by atoms with E-state index in [1.54, 1.807) is 29.9 Å². The highest BCUT2D eigenvalue weighted by Gasteiger charge is 2.29. The molecule has 0 aliphatic rings. The lowest BCUT2D eigenvalue weighted by molar-refractivity contribution is -0.154. The summed E-state index contributed by atoms with van der Waals surface area (Å²) in [4.78, 5) is 24.2. The number of alkyl halides is 3. The molecule has 9 nitrogen and oxygen atoms in total. The van der Waals surface area contributed by atoms with E-state index in [9.17, 15) is 18.0 Å². The molecule has 1 N–H and O–H groups in total. The van der Waals surface area contributed by atoms with Crippen LogP contribution in [0.1, 0.15) is 16.9 Å². The molecule has 32 heavy (non-hydrogen) atoms. The minimum Gasteiger partial charge on any atom is -0.468 e. The van der Waals surface area contributed by atoms with Crippen molar-refractivity contribution in [3.63, 3.8) is 0 Å². The number of ether oxygens (including phenoxy) is 1. The average molecular weight is 446 g/mol. The number of oxazole rings is 1. The zero-order valence-corrected chi connectivity index (χ0v) is 16.8. The fraction of sp³-hybridized carbons (Fsp3) is 0.250. The smallest absolute Gasteiger partial charge is 0.422 e. The summed E-state index contributed by atoms with van der Waals surface area (Å²) in [7, 11) is 0. The normalized spacial score (nSPS) is 11.6. The standard InChI is InChI=1S/C20H17F3N6O3/c1-12-4-13(6-26-19(12)31-10-20(21,22)23)8-29-9-15-16(28-29)2-3-25-18(15)27-17(30)5-14-7-24-11-32-14/h2-4,6-7,9,11H,5,8,10H2,1H3,(H,25,27,30). The minimum atomic E-state index is -4.43. The van der Waals surface area contributed by atoms with E-state index in [1.165, 1.54) is 25.0 Å². The molecule has 0 bridgehead atoms. The third kappa shape index (κ3) is 5.20. The van der Waals surface area contributed by atoms with Gasteiger partial charge in [-0.25, -0.2) is 15.0 Å². The molecule has 166 valence electrons. The van der Waals surface area contributed by atoms with E-state index in [-0.39, 0.29) is 18.2 Å². The molecule has 1 amide bonds. The van der Waals surface area contributed by atoms with Crippen molar-refractivity contribution in [1.29, 1.82) is 0 Å². The van der Waals surface area contributed by atoms with Crippen LogP contribution in [-0.2, 0) is 17.8 Å². The van der Waals surface area contributed by atoms with E-state index in [1.807, 2.05) is 0 Å². The van der Waals surface area contributed by atoms with Crippen molar-refractivity contribution in [3.8, 4) is 5.88 Å². The number of aryl methyl sites for hydroxylation is 1. The number of pyridine rings is 2. The predicted molar refractivity (Wildman–Crippen MR) is 106 cm³/mol. The van der Waals surface area contributed by atoms with Crippen LogP contribution in [0.4, 0.5) is 19.0 Å². The van der Waals surface area contributed by atoms with E-state index in [0.29, 0.717) is 34.6 Å². The van der Waals surface area contributed by atoms with Crippen molar-refractivity contribution in [3.05, 3.63) is 60.2 Å². The Kier molecular flexibility index (Phi) is 5.75. The first-order valence-corrected chi connectivity index (χ1v) is 9.41. The maximum absolute atomic E-state index is 12.3. The third-order valence-corrected chi connectivity index (χ3v) is 4.36. The molecule has 0 unspecified atom stereocenters. The number of nitrogens with zero attached hydrogens (tertiary/aromatic N) is 5. The van der Waals surface area contributed by atoms with Gasteiger partial charge in [-0.1, -0.05) is 0 Å². The van der Waals surface area contributed by atoms with Gasteiger partial charge in [0.25, 0.3) is 0 Å². The molecule has 12 heteroatoms. The highest BCUT2D eigenvalue weighted by Crippen LogP contribution is 2.23. The lowest BCUT2D eigenvalue weighted by Crippen LogP contribution is -2.20. The summed E-state index contributed by atoms with van der Waals surface area (Å²) in [6.45, 7) is 0.532. The van der Waals surface area contributed by atoms with E-state index in [0.717, 1.165) is 5.56 Å². The van der Waals surface area contributed by atoms with Gasteiger partial charge in [-0.3, -0.25) is 9.48 Å². The van der Waals surface area contributed by atoms with Crippen molar-refractivity contribution in [2.24, 2.45) is 0 Å². The zero-order chi connectivity index (χ0) is 22.7. The summed E-state index contributed by atoms with van der Waals surface area (Å²) in [6, 6.07) is 3.39. The molecule has 4 aromatic heterocycles. The summed E-state index contributed by atoms with van der Waals surface area (Å²) in [6.07, 6.45) is 2.97. The molecule has 0 aromatic carbocycles. The number of carbonyl (C=O) groups excluding carboxylic acids is 1. The van der Waals surface area contributed by atoms with Crippen LogP contribution in [0.3, 0.4) is 0 Å². The van der Waals surface area contributed by atoms with Crippen molar-refractivity contribution >= 4 is 22.6 Å². The Balaban J connectivity index is 1.48. The Labute approximate surface area is 179 Å². The lowest BCUT2D eigenvalue weighted by Gasteiger charge is -2.11. The highest BCUT2D eigenvalue weighted by molar-refractivity contribution is 5.99. The number of fused-ring (bicyclic) bond motifs is 1. The summed E-state index contributed by atoms with van der Waals surface area (Å²) in [5, 5.41) is 7.83. The molecule has 0 spiro atoms. The number of rotatable bonds is 7. The van der Waals surface area contributed by atoms with Crippen LogP contribution in [0, 0.1) is 6.92 Å². The highest BCUT2D eigenvalue weighted by atomic mass is 19.4. The number of hydrogen-bond acceptors (Lipinski definition) is 7. The van der Waals surface area contributed by atoms with E-state index in [2.05, 4.69) is 25.4 Å². The maximum Gasteiger partial charge on any atom is 0.422 e. The van der Waals surface area contributed by atoms with Crippen LogP contribution in [0.15, 0.2) is 47.7 Å². The molecule has 0 radical (unpaired) electrons. The Bertz CT molecular complexity index is 1240. The molecular formula is C20H17F3N6O3. The van der Waals surface area contributed by atoms with E-state index < -0.39 is 12.8 Å². The molecule has 0 aliphatic carbocycles. The van der Waals surface area contributed by atoms with Gasteiger partial charge >= 0.3 is 6.18 Å². The quantitative estimate of drug-likeness (QED) is 0.464. The van der Waals surface area contributed by atoms with Gasteiger partial charge in [-0.2, -0.15) is 18.3 Å². The Morgan fingerprint density at radius 1 is 1.28 bits per heavy atom. The molecule has 0 fully saturated rings. The van der Waals surface area contributed by atoms with Gasteiger partial charge in [-0.05, 0) is 24.6 Å². The van der Waals surface area contributed by atoms with Crippen molar-refractivity contribution < 1.29 is 27.1 Å². The van der Waals surface area contributed by atoms with Gasteiger partial charge in [-0.15, -0.1) is 0 Å². The molecule has 4 heterocycles. The Morgan fingerprint density at radius 2 is 2.12 bits per heavy atom. The molecule has 4 aromatic rings. The predicted octanol–water partition coefficient (Wildman–Crippen LogP) is 3.29. The maximum atomic E-state index is 12.3. The molecule has 0 saturated heterocycles. The van der Waals surface area contributed by atoms with E-state index >= 15 is 0 Å². The number of aromatic nitrogens is 5. The topological polar surface area (TPSA) is 108 Å². The summed E-state index contributed by atoms with van der Waals surface area (Å²) < 4.78 is 48.5. The van der Waals surface area contributed by atoms with Crippen LogP contribution in [0.5, 0.6) is 5.88 Å². The minimum absolute atomic E-state index is 0.0138. The SMILES string of the molecule is Cc1cc(Cn2cc3c(NC(=O)Cc4cnco4)nccc3n2)cnc1OCC(F)(F)F. The number of halogens is 3. The van der Waals surface area contributed by atoms with Crippen molar-refractivity contribution in [1.82, 2.24) is 24.7 Å². The van der Waals surface area contributed by atoms with Gasteiger partial charge in [0.05, 0.1) is 30.1 Å². The number of carbonyl (C=O) groups is 1. The number of nitrogens with one attached hydrogen (secondary N) is 1. The number of anilines is 1. The largest absolute Gasteiger partial charge is 0.468 e. The van der Waals surface area contributed by atoms with Crippen molar-refractivity contribution in [2.45, 2.75) is 26.1 Å². The van der Waals surface area contributed by atoms with Crippen molar-refractivity contribution in [2.75, 3.05) is 11.9 Å². The van der Waals surface area contributed by atoms with E-state index in [4.69, 9.17) is 9.15 Å². The van der Waals surface area contributed by atoms with Crippen LogP contribution in [0.25, 0.3) is 10.9 Å². The van der Waals surface area contributed by atoms with Gasteiger partial charge in [0.15, 0.2) is 13.0 Å². The molecule has 0 saturated carbocycles. The fourth-order valence-electron chi connectivity index (χ4n) is 3.03. The first-order valence-electron chi connectivity index (χ1n) is 9.41. The first kappa shape index (κ1) is 21.3. The van der Waals surface area contributed by atoms with Crippen LogP contribution < -0.4 is 10.1 Å². The molecule has 0 atom stereocenters. The van der Waals surface area contributed by atoms with Gasteiger partial charge in [0.2, 0.25) is 11.8 Å². The van der Waals surface area contributed by atoms with Gasteiger partial charge in [0, 0.05) is 24.2 Å². The number of hydrogen-bond donors (Lipinski definition) is 1. The lowest BCUT2D eigenvalue weighted by atomic mass is 10.2. The zero-order valence-electron chi connectivity index (χ0n) is 16.8. The molecule has 4 rings (SSSR count). The second kappa shape index (κ2) is 8.65. The monoisotopic (exact) mass is 446 g/mol. The summed E-state index contributed by atoms with van der Waals surface area (Å²) in [5.74, 6) is 0.390. The van der Waals surface area contributed by atoms with Gasteiger partial charge < -0.3 is 14.5 Å². The first-order chi connectivity index (χ1) is 15.3. The Hall–Kier alpha value is -3.96. The summed E-state index contributed by atoms with van der Waals surface area (Å²) in [5.41, 5.74) is 1.81. The van der Waals surface area contributed by atoms with Crippen LogP contribution >= 0.6 is 0 Å². The second-order valence-electron chi connectivity index (χ2n) is 6.98. The fourth-order valence-corrected chi connectivity index (χ4v) is 3.03. The third-order valence-electron chi connectivity index (χ3n) is 4.36. The average Bonchev–Trinajstić information content (AvgIpc) is 3.36. The van der Waals surface area contributed by atoms with Crippen LogP contribution in [-0.4, -0.2) is 43.4 Å². The molecular weight excluding hydrogens is 429 g/mol. The van der Waals surface area contributed by atoms with Gasteiger partial charge in [0.1, 0.15) is 11.6 Å².